The number of halogens is 2. The van der Waals surface area contributed by atoms with Crippen molar-refractivity contribution in [1.82, 2.24) is 0 Å². The maximum atomic E-state index is 13.3. The molecule has 4 rings (SSSR count). The molecule has 3 aromatic carbocycles. The minimum Gasteiger partial charge on any atom is -0.490 e. The number of hydrogen-bond donors (Lipinski definition) is 1. The summed E-state index contributed by atoms with van der Waals surface area (Å²) in [7, 11) is 0. The number of carbonyl (C=O) groups is 2. The van der Waals surface area contributed by atoms with Gasteiger partial charge in [0.1, 0.15) is 5.82 Å². The molecule has 36 heavy (non-hydrogen) atoms. The Morgan fingerprint density at radius 2 is 1.81 bits per heavy atom. The second kappa shape index (κ2) is 11.7. The van der Waals surface area contributed by atoms with Crippen LogP contribution in [0.15, 0.2) is 76.1 Å². The third-order valence-electron chi connectivity index (χ3n) is 4.93. The van der Waals surface area contributed by atoms with E-state index in [1.165, 1.54) is 29.2 Å². The molecule has 1 aliphatic heterocycles. The van der Waals surface area contributed by atoms with E-state index >= 15 is 0 Å². The van der Waals surface area contributed by atoms with Crippen LogP contribution in [0.2, 0.25) is 0 Å². The van der Waals surface area contributed by atoms with Gasteiger partial charge in [0.2, 0.25) is 0 Å². The highest BCUT2D eigenvalue weighted by molar-refractivity contribution is 9.10. The van der Waals surface area contributed by atoms with E-state index in [4.69, 9.17) is 21.7 Å². The van der Waals surface area contributed by atoms with E-state index in [2.05, 4.69) is 21.2 Å². The van der Waals surface area contributed by atoms with Crippen molar-refractivity contribution in [3.8, 4) is 11.5 Å². The van der Waals surface area contributed by atoms with Crippen molar-refractivity contribution in [2.24, 2.45) is 0 Å². The number of benzene rings is 3. The van der Waals surface area contributed by atoms with E-state index < -0.39 is 5.82 Å². The van der Waals surface area contributed by atoms with Gasteiger partial charge in [-0.3, -0.25) is 14.5 Å². The molecule has 1 aliphatic rings. The second-order valence-electron chi connectivity index (χ2n) is 7.48. The smallest absolute Gasteiger partial charge is 0.270 e. The zero-order valence-electron chi connectivity index (χ0n) is 19.0. The first kappa shape index (κ1) is 25.9. The number of nitrogens with one attached hydrogen (secondary N) is 1. The summed E-state index contributed by atoms with van der Waals surface area (Å²) in [4.78, 5) is 27.1. The summed E-state index contributed by atoms with van der Waals surface area (Å²) in [5.74, 6) is -0.153. The number of amides is 2. The van der Waals surface area contributed by atoms with Crippen LogP contribution in [-0.2, 0) is 9.59 Å². The van der Waals surface area contributed by atoms with Crippen molar-refractivity contribution >= 4 is 73.5 Å². The van der Waals surface area contributed by atoms with Gasteiger partial charge in [-0.25, -0.2) is 4.39 Å². The van der Waals surface area contributed by atoms with Crippen molar-refractivity contribution in [3.05, 3.63) is 87.5 Å². The normalized spacial score (nSPS) is 14.3. The lowest BCUT2D eigenvalue weighted by Gasteiger charge is -2.14. The van der Waals surface area contributed by atoms with E-state index in [0.29, 0.717) is 44.3 Å². The average molecular weight is 587 g/mol. The topological polar surface area (TPSA) is 67.9 Å². The third-order valence-corrected chi connectivity index (χ3v) is 6.76. The number of carbonyl (C=O) groups excluding carboxylic acids is 2. The number of nitrogens with zero attached hydrogens (tertiary/aromatic N) is 1. The first-order chi connectivity index (χ1) is 17.3. The zero-order valence-corrected chi connectivity index (χ0v) is 22.2. The molecule has 0 atom stereocenters. The Bertz CT molecular complexity index is 1330. The summed E-state index contributed by atoms with van der Waals surface area (Å²) in [6.07, 6.45) is 1.70. The fourth-order valence-electron chi connectivity index (χ4n) is 3.31. The van der Waals surface area contributed by atoms with Crippen LogP contribution < -0.4 is 19.7 Å². The number of thiocarbonyl (C=S) groups is 1. The van der Waals surface area contributed by atoms with Crippen LogP contribution in [0.4, 0.5) is 15.8 Å². The van der Waals surface area contributed by atoms with Crippen LogP contribution in [0.3, 0.4) is 0 Å². The molecule has 0 spiro atoms. The number of anilines is 2. The van der Waals surface area contributed by atoms with Crippen LogP contribution in [0.1, 0.15) is 12.5 Å². The van der Waals surface area contributed by atoms with Gasteiger partial charge in [-0.1, -0.05) is 46.0 Å². The maximum absolute atomic E-state index is 13.3. The molecular formula is C26H20BrFN2O4S2. The summed E-state index contributed by atoms with van der Waals surface area (Å²) in [5.41, 5.74) is 1.86. The molecule has 6 nitrogen and oxygen atoms in total. The minimum absolute atomic E-state index is 0.203. The second-order valence-corrected chi connectivity index (χ2v) is 10.1. The lowest BCUT2D eigenvalue weighted by Crippen LogP contribution is -2.27. The summed E-state index contributed by atoms with van der Waals surface area (Å²) in [5, 5.41) is 2.77. The lowest BCUT2D eigenvalue weighted by atomic mass is 10.1. The lowest BCUT2D eigenvalue weighted by molar-refractivity contribution is -0.118. The molecule has 0 bridgehead atoms. The number of rotatable bonds is 8. The van der Waals surface area contributed by atoms with E-state index in [-0.39, 0.29) is 18.4 Å². The predicted octanol–water partition coefficient (Wildman–Crippen LogP) is 6.41. The molecule has 1 saturated heterocycles. The highest BCUT2D eigenvalue weighted by Gasteiger charge is 2.33. The molecule has 0 radical (unpaired) electrons. The van der Waals surface area contributed by atoms with Gasteiger partial charge in [-0.15, -0.1) is 0 Å². The van der Waals surface area contributed by atoms with Crippen LogP contribution >= 0.6 is 39.9 Å². The minimum atomic E-state index is -0.392. The Morgan fingerprint density at radius 1 is 1.08 bits per heavy atom. The van der Waals surface area contributed by atoms with Gasteiger partial charge in [0.25, 0.3) is 11.8 Å². The van der Waals surface area contributed by atoms with Gasteiger partial charge in [-0.2, -0.15) is 0 Å². The molecule has 0 unspecified atom stereocenters. The van der Waals surface area contributed by atoms with Crippen molar-refractivity contribution in [1.29, 1.82) is 0 Å². The molecule has 0 aromatic heterocycles. The Morgan fingerprint density at radius 3 is 2.50 bits per heavy atom. The molecule has 2 amide bonds. The molecule has 184 valence electrons. The molecular weight excluding hydrogens is 567 g/mol. The average Bonchev–Trinajstić information content (AvgIpc) is 3.13. The largest absolute Gasteiger partial charge is 0.490 e. The number of hydrogen-bond acceptors (Lipinski definition) is 6. The van der Waals surface area contributed by atoms with E-state index in [9.17, 15) is 14.0 Å². The van der Waals surface area contributed by atoms with E-state index in [0.717, 1.165) is 16.2 Å². The highest BCUT2D eigenvalue weighted by atomic mass is 79.9. The quantitative estimate of drug-likeness (QED) is 0.243. The molecule has 1 fully saturated rings. The Balaban J connectivity index is 1.47. The summed E-state index contributed by atoms with van der Waals surface area (Å²) < 4.78 is 25.9. The maximum Gasteiger partial charge on any atom is 0.270 e. The van der Waals surface area contributed by atoms with E-state index in [1.54, 1.807) is 36.4 Å². The number of thioether (sulfide) groups is 1. The molecule has 0 aliphatic carbocycles. The van der Waals surface area contributed by atoms with Gasteiger partial charge in [0.15, 0.2) is 22.4 Å². The fourth-order valence-corrected chi connectivity index (χ4v) is 4.87. The molecule has 1 heterocycles. The Hall–Kier alpha value is -3.21. The summed E-state index contributed by atoms with van der Waals surface area (Å²) in [6.45, 7) is 2.02. The monoisotopic (exact) mass is 586 g/mol. The standard InChI is InChI=1S/C26H20BrFN2O4S2/c1-2-33-22-13-16(3-12-21(22)34-15-24(31)29-19-8-4-17(27)5-9-19)14-23-25(32)30(26(35)36-23)20-10-6-18(28)7-11-20/h3-14H,2,15H2,1H3,(H,29,31)/b23-14-. The summed E-state index contributed by atoms with van der Waals surface area (Å²) in [6, 6.07) is 18.0. The van der Waals surface area contributed by atoms with Gasteiger partial charge < -0.3 is 14.8 Å². The SMILES string of the molecule is CCOc1cc(/C=C2\SC(=S)N(c3ccc(F)cc3)C2=O)ccc1OCC(=O)Nc1ccc(Br)cc1. The van der Waals surface area contributed by atoms with Crippen LogP contribution in [0.5, 0.6) is 11.5 Å². The molecule has 0 saturated carbocycles. The van der Waals surface area contributed by atoms with Crippen LogP contribution in [0.25, 0.3) is 6.08 Å². The van der Waals surface area contributed by atoms with Gasteiger partial charge in [-0.05, 0) is 79.2 Å². The van der Waals surface area contributed by atoms with Gasteiger partial charge >= 0.3 is 0 Å². The molecule has 10 heteroatoms. The van der Waals surface area contributed by atoms with Gasteiger partial charge in [0.05, 0.1) is 17.2 Å². The summed E-state index contributed by atoms with van der Waals surface area (Å²) >= 11 is 9.89. The predicted molar refractivity (Wildman–Crippen MR) is 148 cm³/mol. The van der Waals surface area contributed by atoms with Gasteiger partial charge in [0, 0.05) is 10.2 Å². The van der Waals surface area contributed by atoms with Crippen LogP contribution in [-0.4, -0.2) is 29.3 Å². The van der Waals surface area contributed by atoms with Crippen molar-refractivity contribution in [2.75, 3.05) is 23.4 Å². The Labute approximate surface area is 225 Å². The van der Waals surface area contributed by atoms with Crippen molar-refractivity contribution in [3.63, 3.8) is 0 Å². The van der Waals surface area contributed by atoms with E-state index in [1.807, 2.05) is 19.1 Å². The third kappa shape index (κ3) is 6.31. The van der Waals surface area contributed by atoms with Crippen LogP contribution in [0, 0.1) is 5.82 Å². The first-order valence-corrected chi connectivity index (χ1v) is 12.8. The van der Waals surface area contributed by atoms with Crippen molar-refractivity contribution < 1.29 is 23.5 Å². The number of ether oxygens (including phenoxy) is 2. The fraction of sp³-hybridized carbons (Fsp3) is 0.115. The zero-order chi connectivity index (χ0) is 25.7. The Kier molecular flexibility index (Phi) is 8.40. The molecule has 1 N–H and O–H groups in total. The van der Waals surface area contributed by atoms with Crippen molar-refractivity contribution in [2.45, 2.75) is 6.92 Å². The first-order valence-electron chi connectivity index (χ1n) is 10.8. The highest BCUT2D eigenvalue weighted by Crippen LogP contribution is 2.37. The molecule has 3 aromatic rings.